The third-order valence-electron chi connectivity index (χ3n) is 6.11. The lowest BCUT2D eigenvalue weighted by Gasteiger charge is -2.29. The van der Waals surface area contributed by atoms with Crippen molar-refractivity contribution >= 4 is 35.6 Å². The van der Waals surface area contributed by atoms with E-state index in [9.17, 15) is 29.1 Å². The Balaban J connectivity index is 3.05. The van der Waals surface area contributed by atoms with Gasteiger partial charge in [-0.15, -0.1) is 0 Å². The van der Waals surface area contributed by atoms with Gasteiger partial charge < -0.3 is 43.2 Å². The van der Waals surface area contributed by atoms with Crippen molar-refractivity contribution < 1.29 is 29.1 Å². The van der Waals surface area contributed by atoms with Gasteiger partial charge in [0, 0.05) is 13.1 Å². The van der Waals surface area contributed by atoms with E-state index >= 15 is 0 Å². The van der Waals surface area contributed by atoms with Gasteiger partial charge in [-0.3, -0.25) is 24.2 Å². The van der Waals surface area contributed by atoms with E-state index in [0.717, 1.165) is 0 Å². The van der Waals surface area contributed by atoms with E-state index in [1.807, 2.05) is 0 Å². The van der Waals surface area contributed by atoms with Gasteiger partial charge in [0.05, 0.1) is 6.54 Å². The summed E-state index contributed by atoms with van der Waals surface area (Å²) in [7, 11) is 0. The van der Waals surface area contributed by atoms with E-state index in [2.05, 4.69) is 20.9 Å². The first-order chi connectivity index (χ1) is 17.3. The van der Waals surface area contributed by atoms with Crippen molar-refractivity contribution in [2.75, 3.05) is 19.6 Å². The minimum Gasteiger partial charge on any atom is -0.480 e. The maximum absolute atomic E-state index is 13.3. The van der Waals surface area contributed by atoms with Crippen LogP contribution in [0, 0.1) is 11.8 Å². The van der Waals surface area contributed by atoms with Crippen LogP contribution in [0.5, 0.6) is 0 Å². The van der Waals surface area contributed by atoms with Crippen molar-refractivity contribution in [2.45, 2.75) is 77.5 Å². The summed E-state index contributed by atoms with van der Waals surface area (Å²) in [6.07, 6.45) is 1.56. The minimum absolute atomic E-state index is 0.110. The number of guanidine groups is 1. The van der Waals surface area contributed by atoms with Crippen LogP contribution < -0.4 is 33.2 Å². The number of carbonyl (C=O) groups excluding carboxylic acids is 4. The number of aliphatic carboxylic acids is 1. The Kier molecular flexibility index (Phi) is 12.8. The molecule has 1 fully saturated rings. The number of hydrogen-bond acceptors (Lipinski definition) is 7. The number of amides is 4. The maximum Gasteiger partial charge on any atom is 0.326 e. The summed E-state index contributed by atoms with van der Waals surface area (Å²) in [4.78, 5) is 68.1. The molecule has 0 unspecified atom stereocenters. The molecule has 1 heterocycles. The Hall–Kier alpha value is -3.42. The average Bonchev–Trinajstić information content (AvgIpc) is 3.31. The Labute approximate surface area is 217 Å². The van der Waals surface area contributed by atoms with E-state index in [0.29, 0.717) is 25.8 Å². The van der Waals surface area contributed by atoms with E-state index in [-0.39, 0.29) is 43.2 Å². The van der Waals surface area contributed by atoms with Crippen LogP contribution >= 0.6 is 0 Å². The van der Waals surface area contributed by atoms with Gasteiger partial charge >= 0.3 is 5.97 Å². The molecular weight excluding hydrogens is 484 g/mol. The van der Waals surface area contributed by atoms with E-state index < -0.39 is 47.9 Å². The molecule has 0 aromatic heterocycles. The number of likely N-dealkylation sites (tertiary alicyclic amines) is 1. The number of carbonyl (C=O) groups is 5. The molecule has 14 heteroatoms. The lowest BCUT2D eigenvalue weighted by molar-refractivity contribution is -0.144. The van der Waals surface area contributed by atoms with Crippen LogP contribution in [-0.2, 0) is 24.0 Å². The molecule has 4 atom stereocenters. The van der Waals surface area contributed by atoms with Crippen molar-refractivity contribution in [2.24, 2.45) is 34.0 Å². The topological polar surface area (TPSA) is 235 Å². The van der Waals surface area contributed by atoms with Gasteiger partial charge in [-0.05, 0) is 37.5 Å². The summed E-state index contributed by atoms with van der Waals surface area (Å²) in [5.74, 6) is -4.19. The second-order valence-corrected chi connectivity index (χ2v) is 9.76. The monoisotopic (exact) mass is 526 g/mol. The molecule has 0 aromatic rings. The highest BCUT2D eigenvalue weighted by Crippen LogP contribution is 2.18. The van der Waals surface area contributed by atoms with Gasteiger partial charge in [0.25, 0.3) is 0 Å². The molecule has 210 valence electrons. The number of rotatable bonds is 14. The SMILES string of the molecule is CC(C)[C@H](NC(=O)[C@@H](NC(=O)[C@H](CCCN=C(N)N)NC(=O)[C@@H]1CCCN1C(=O)CN)C(C)C)C(=O)O. The van der Waals surface area contributed by atoms with Crippen LogP contribution in [0.4, 0.5) is 0 Å². The van der Waals surface area contributed by atoms with Crippen LogP contribution in [0.1, 0.15) is 53.4 Å². The summed E-state index contributed by atoms with van der Waals surface area (Å²) >= 11 is 0. The Morgan fingerprint density at radius 3 is 2.08 bits per heavy atom. The van der Waals surface area contributed by atoms with Crippen LogP contribution in [0.3, 0.4) is 0 Å². The number of nitrogens with one attached hydrogen (secondary N) is 3. The van der Waals surface area contributed by atoms with Gasteiger partial charge in [0.15, 0.2) is 5.96 Å². The largest absolute Gasteiger partial charge is 0.480 e. The van der Waals surface area contributed by atoms with Crippen molar-refractivity contribution in [3.63, 3.8) is 0 Å². The highest BCUT2D eigenvalue weighted by Gasteiger charge is 2.36. The summed E-state index contributed by atoms with van der Waals surface area (Å²) in [6.45, 7) is 7.11. The van der Waals surface area contributed by atoms with Crippen LogP contribution in [0.25, 0.3) is 0 Å². The third-order valence-corrected chi connectivity index (χ3v) is 6.11. The Morgan fingerprint density at radius 2 is 1.57 bits per heavy atom. The molecule has 0 radical (unpaired) electrons. The zero-order chi connectivity index (χ0) is 28.3. The highest BCUT2D eigenvalue weighted by atomic mass is 16.4. The molecule has 0 aliphatic carbocycles. The van der Waals surface area contributed by atoms with Crippen molar-refractivity contribution in [1.82, 2.24) is 20.9 Å². The van der Waals surface area contributed by atoms with Gasteiger partial charge in [-0.1, -0.05) is 27.7 Å². The lowest BCUT2D eigenvalue weighted by atomic mass is 9.99. The van der Waals surface area contributed by atoms with Gasteiger partial charge in [0.2, 0.25) is 23.6 Å². The number of nitrogens with zero attached hydrogens (tertiary/aromatic N) is 2. The van der Waals surface area contributed by atoms with Crippen molar-refractivity contribution in [3.05, 3.63) is 0 Å². The van der Waals surface area contributed by atoms with Crippen LogP contribution in [-0.4, -0.2) is 89.4 Å². The van der Waals surface area contributed by atoms with Gasteiger partial charge in [0.1, 0.15) is 24.2 Å². The zero-order valence-corrected chi connectivity index (χ0v) is 22.0. The van der Waals surface area contributed by atoms with E-state index in [1.165, 1.54) is 4.90 Å². The molecule has 37 heavy (non-hydrogen) atoms. The van der Waals surface area contributed by atoms with E-state index in [1.54, 1.807) is 27.7 Å². The first-order valence-corrected chi connectivity index (χ1v) is 12.5. The summed E-state index contributed by atoms with van der Waals surface area (Å²) < 4.78 is 0. The third kappa shape index (κ3) is 9.86. The lowest BCUT2D eigenvalue weighted by Crippen LogP contribution is -2.59. The van der Waals surface area contributed by atoms with Crippen LogP contribution in [0.2, 0.25) is 0 Å². The fraction of sp³-hybridized carbons (Fsp3) is 0.739. The normalized spacial score (nSPS) is 17.6. The molecule has 10 N–H and O–H groups in total. The minimum atomic E-state index is -1.19. The van der Waals surface area contributed by atoms with Crippen molar-refractivity contribution in [1.29, 1.82) is 0 Å². The summed E-state index contributed by atoms with van der Waals surface area (Å²) in [5.41, 5.74) is 16.2. The number of carboxylic acid groups (broad SMARTS) is 1. The zero-order valence-electron chi connectivity index (χ0n) is 22.0. The summed E-state index contributed by atoms with van der Waals surface area (Å²) in [6, 6.07) is -3.98. The van der Waals surface area contributed by atoms with Crippen LogP contribution in [0.15, 0.2) is 4.99 Å². The van der Waals surface area contributed by atoms with E-state index in [4.69, 9.17) is 17.2 Å². The molecule has 0 spiro atoms. The molecule has 0 bridgehead atoms. The standard InChI is InChI=1S/C23H42N8O6/c1-12(2)17(21(35)30-18(13(3)4)22(36)37)29-19(33)14(7-5-9-27-23(25)26)28-20(34)15-8-6-10-31(15)16(32)11-24/h12-15,17-18H,5-11,24H2,1-4H3,(H,28,34)(H,29,33)(H,30,35)(H,36,37)(H4,25,26,27)/t14-,15-,17-,18-/m0/s1. The molecule has 1 saturated heterocycles. The Morgan fingerprint density at radius 1 is 0.973 bits per heavy atom. The number of hydrogen-bond donors (Lipinski definition) is 7. The van der Waals surface area contributed by atoms with Gasteiger partial charge in [-0.2, -0.15) is 0 Å². The summed E-state index contributed by atoms with van der Waals surface area (Å²) in [5, 5.41) is 17.2. The second kappa shape index (κ2) is 15.0. The predicted molar refractivity (Wildman–Crippen MR) is 137 cm³/mol. The molecule has 1 aliphatic rings. The molecule has 1 rings (SSSR count). The maximum atomic E-state index is 13.3. The molecule has 1 aliphatic heterocycles. The molecule has 4 amide bonds. The van der Waals surface area contributed by atoms with Crippen molar-refractivity contribution in [3.8, 4) is 0 Å². The number of aliphatic imine (C=N–C) groups is 1. The second-order valence-electron chi connectivity index (χ2n) is 9.76. The predicted octanol–water partition coefficient (Wildman–Crippen LogP) is -2.16. The Bertz CT molecular complexity index is 858. The first-order valence-electron chi connectivity index (χ1n) is 12.5. The number of nitrogens with two attached hydrogens (primary N) is 3. The molecular formula is C23H42N8O6. The average molecular weight is 527 g/mol. The molecule has 0 saturated carbocycles. The quantitative estimate of drug-likeness (QED) is 0.0740. The first kappa shape index (κ1) is 31.6. The fourth-order valence-electron chi connectivity index (χ4n) is 4.04. The number of carboxylic acids is 1. The highest BCUT2D eigenvalue weighted by molar-refractivity contribution is 5.95. The molecule has 0 aromatic carbocycles. The fourth-order valence-corrected chi connectivity index (χ4v) is 4.04. The smallest absolute Gasteiger partial charge is 0.326 e. The molecule has 14 nitrogen and oxygen atoms in total. The van der Waals surface area contributed by atoms with Gasteiger partial charge in [-0.25, -0.2) is 4.79 Å².